The van der Waals surface area contributed by atoms with Gasteiger partial charge < -0.3 is 110 Å². The summed E-state index contributed by atoms with van der Waals surface area (Å²) in [5.74, 6) is -7.30. The average Bonchev–Trinajstić information content (AvgIpc) is 1.54. The van der Waals surface area contributed by atoms with Gasteiger partial charge in [0.05, 0.1) is 91.5 Å². The lowest BCUT2D eigenvalue weighted by Gasteiger charge is -2.47. The zero-order valence-corrected chi connectivity index (χ0v) is 54.5. The Balaban J connectivity index is 1.48. The van der Waals surface area contributed by atoms with Crippen molar-refractivity contribution in [1.29, 1.82) is 0 Å². The molecule has 24 heteroatoms. The number of aliphatic hydroxyl groups excluding tert-OH is 13. The lowest BCUT2D eigenvalue weighted by molar-refractivity contribution is -0.338. The molecular formula is C65H113NO23. The molecule has 0 aliphatic carbocycles. The summed E-state index contributed by atoms with van der Waals surface area (Å²) in [4.78, 5) is 26.5. The number of rotatable bonds is 17. The summed E-state index contributed by atoms with van der Waals surface area (Å²) in [6.45, 7) is 19.9. The van der Waals surface area contributed by atoms with Crippen molar-refractivity contribution in [2.24, 2.45) is 35.5 Å². The predicted molar refractivity (Wildman–Crippen MR) is 324 cm³/mol. The number of esters is 1. The van der Waals surface area contributed by atoms with Crippen LogP contribution in [0.3, 0.4) is 0 Å². The van der Waals surface area contributed by atoms with E-state index in [0.717, 1.165) is 0 Å². The standard InChI is InChI=1S/C65H113NO23/c1-13-16-49(85-54-30-64(12,66-39(11)68)60(79)38(10)83-54)36(8)56(75)40(14-2)20-23-45(70)35(7)50-24-18-33(5)55(74)37(9)51(87-63-59(78)58(77)57(76)53(31-67)88-63)28-47(72)34(6)46(71)26-44-27-48(73)61(80)65(82,89-44)29-52-32(4)17-22-43(84-52)25-42(69)21-19-41(15-3)62(81)86-50/h18-20,23,32,34-38,40,42-61,63,67,69-80,82H,13-17,21-22,24-31H2,1-12H3,(H,66,68)/b23-20+,33-18+,41-19+/t32?,34?,35?,36?,37?,38-,40?,42?,43?,44?,45?,46?,47?,48?,49?,50?,51?,52-,53+,54-,55?,56?,57+,58-,59-,60+,61?,63+,64-,65?/m0/s1. The van der Waals surface area contributed by atoms with Crippen LogP contribution in [0.1, 0.15) is 173 Å². The number of hydrogen-bond acceptors (Lipinski definition) is 23. The fourth-order valence-electron chi connectivity index (χ4n) is 13.5. The van der Waals surface area contributed by atoms with Crippen molar-refractivity contribution in [2.45, 2.75) is 319 Å². The minimum atomic E-state index is -2.33. The molecule has 5 heterocycles. The number of hydrogen-bond donors (Lipinski definition) is 15. The van der Waals surface area contributed by atoms with E-state index in [1.807, 2.05) is 27.7 Å². The van der Waals surface area contributed by atoms with E-state index >= 15 is 0 Å². The van der Waals surface area contributed by atoms with Gasteiger partial charge in [-0.3, -0.25) is 4.79 Å². The molecule has 5 aliphatic heterocycles. The van der Waals surface area contributed by atoms with Crippen molar-refractivity contribution < 1.29 is 114 Å². The molecule has 0 aromatic carbocycles. The number of cyclic esters (lactones) is 1. The van der Waals surface area contributed by atoms with Gasteiger partial charge in [0.1, 0.15) is 42.7 Å². The lowest BCUT2D eigenvalue weighted by Crippen LogP contribution is -2.63. The van der Waals surface area contributed by atoms with E-state index in [0.29, 0.717) is 37.7 Å². The molecule has 0 radical (unpaired) electrons. The van der Waals surface area contributed by atoms with Crippen LogP contribution in [-0.2, 0) is 42.7 Å². The molecule has 0 aromatic heterocycles. The number of fused-ring (bicyclic) bond motifs is 4. The molecule has 4 fully saturated rings. The maximum absolute atomic E-state index is 14.3. The largest absolute Gasteiger partial charge is 0.458 e. The molecule has 30 atom stereocenters. The van der Waals surface area contributed by atoms with Gasteiger partial charge in [-0.25, -0.2) is 4.79 Å². The van der Waals surface area contributed by atoms with Crippen LogP contribution in [0, 0.1) is 35.5 Å². The van der Waals surface area contributed by atoms with E-state index in [2.05, 4.69) is 5.32 Å². The second-order valence-electron chi connectivity index (χ2n) is 27.0. The first-order valence-electron chi connectivity index (χ1n) is 32.7. The molecule has 5 rings (SSSR count). The topological polar surface area (TPSA) is 394 Å². The Labute approximate surface area is 526 Å². The number of carbonyl (C=O) groups excluding carboxylic acids is 2. The summed E-state index contributed by atoms with van der Waals surface area (Å²) < 4.78 is 43.4. The van der Waals surface area contributed by atoms with Crippen molar-refractivity contribution in [3.63, 3.8) is 0 Å². The van der Waals surface area contributed by atoms with Gasteiger partial charge in [0.2, 0.25) is 5.91 Å². The zero-order chi connectivity index (χ0) is 66.6. The maximum Gasteiger partial charge on any atom is 0.333 e. The molecule has 15 N–H and O–H groups in total. The highest BCUT2D eigenvalue weighted by Gasteiger charge is 2.52. The van der Waals surface area contributed by atoms with Crippen LogP contribution in [-0.4, -0.2) is 236 Å². The SMILES string of the molecule is CCCC(O[C@H]1C[C@](C)(NC(C)=O)[C@H](O)[C@H](C)O1)C(C)C(O)C(/C=C/C(O)C(C)C1C/C=C(\C)C(O)C(C)C(O[C@@H]2O[C@H](CO)[C@@H](O)[C@H](O)[C@@H]2O)CC(O)C(C)C(O)CC2CC(O)C(O)C(O)(C[C@@H]3OC(CCC3C)CC(O)C/C=C(\CC)C(=O)O1)O2)CC. The van der Waals surface area contributed by atoms with Gasteiger partial charge in [-0.05, 0) is 77.2 Å². The Kier molecular flexibility index (Phi) is 30.0. The lowest BCUT2D eigenvalue weighted by atomic mass is 9.82. The van der Waals surface area contributed by atoms with E-state index in [1.165, 1.54) is 13.8 Å². The van der Waals surface area contributed by atoms with Gasteiger partial charge in [0, 0.05) is 80.6 Å². The van der Waals surface area contributed by atoms with E-state index in [1.54, 1.807) is 65.8 Å². The Hall–Kier alpha value is -2.64. The smallest absolute Gasteiger partial charge is 0.333 e. The van der Waals surface area contributed by atoms with Crippen molar-refractivity contribution in [3.05, 3.63) is 35.5 Å². The Morgan fingerprint density at radius 1 is 0.798 bits per heavy atom. The third-order valence-electron chi connectivity index (χ3n) is 19.9. The Morgan fingerprint density at radius 2 is 1.46 bits per heavy atom. The zero-order valence-electron chi connectivity index (χ0n) is 54.5. The van der Waals surface area contributed by atoms with Gasteiger partial charge in [-0.15, -0.1) is 0 Å². The average molecular weight is 1280 g/mol. The van der Waals surface area contributed by atoms with Gasteiger partial charge in [-0.2, -0.15) is 0 Å². The summed E-state index contributed by atoms with van der Waals surface area (Å²) in [5.41, 5.74) is -0.477. The van der Waals surface area contributed by atoms with E-state index in [4.69, 9.17) is 33.2 Å². The molecule has 4 bridgehead atoms. The Bertz CT molecular complexity index is 2260. The molecular weight excluding hydrogens is 1160 g/mol. The Morgan fingerprint density at radius 3 is 2.09 bits per heavy atom. The first kappa shape index (κ1) is 77.1. The van der Waals surface area contributed by atoms with Crippen LogP contribution in [0.5, 0.6) is 0 Å². The number of carbonyl (C=O) groups is 2. The van der Waals surface area contributed by atoms with Crippen molar-refractivity contribution >= 4 is 11.9 Å². The fourth-order valence-corrected chi connectivity index (χ4v) is 13.5. The monoisotopic (exact) mass is 1280 g/mol. The molecule has 0 spiro atoms. The van der Waals surface area contributed by atoms with Gasteiger partial charge >= 0.3 is 5.97 Å². The quantitative estimate of drug-likeness (QED) is 0.0731. The maximum atomic E-state index is 14.3. The first-order valence-corrected chi connectivity index (χ1v) is 32.7. The van der Waals surface area contributed by atoms with E-state index in [9.17, 15) is 81.1 Å². The first-order chi connectivity index (χ1) is 41.7. The minimum Gasteiger partial charge on any atom is -0.458 e. The van der Waals surface area contributed by atoms with Gasteiger partial charge in [-0.1, -0.05) is 86.1 Å². The molecule has 0 aromatic rings. The summed E-state index contributed by atoms with van der Waals surface area (Å²) in [6.07, 6.45) is -17.9. The third-order valence-corrected chi connectivity index (χ3v) is 19.9. The summed E-state index contributed by atoms with van der Waals surface area (Å²) in [7, 11) is 0. The third kappa shape index (κ3) is 20.4. The molecule has 4 saturated heterocycles. The minimum absolute atomic E-state index is 0.0319. The highest BCUT2D eigenvalue weighted by molar-refractivity contribution is 5.88. The summed E-state index contributed by atoms with van der Waals surface area (Å²) in [6, 6.07) is 0. The van der Waals surface area contributed by atoms with Crippen LogP contribution in [0.25, 0.3) is 0 Å². The van der Waals surface area contributed by atoms with Crippen molar-refractivity contribution in [3.8, 4) is 0 Å². The second kappa shape index (κ2) is 34.7. The van der Waals surface area contributed by atoms with Crippen LogP contribution < -0.4 is 5.32 Å². The van der Waals surface area contributed by atoms with Gasteiger partial charge in [0.15, 0.2) is 18.4 Å². The predicted octanol–water partition coefficient (Wildman–Crippen LogP) is 1.97. The molecule has 20 unspecified atom stereocenters. The summed E-state index contributed by atoms with van der Waals surface area (Å²) in [5, 5.41) is 162. The molecule has 0 saturated carbocycles. The molecule has 516 valence electrons. The van der Waals surface area contributed by atoms with Crippen LogP contribution >= 0.6 is 0 Å². The van der Waals surface area contributed by atoms with E-state index < -0.39 is 188 Å². The second-order valence-corrected chi connectivity index (χ2v) is 27.0. The number of nitrogens with one attached hydrogen (secondary N) is 1. The summed E-state index contributed by atoms with van der Waals surface area (Å²) >= 11 is 0. The number of aliphatic hydroxyl groups is 14. The van der Waals surface area contributed by atoms with Crippen LogP contribution in [0.4, 0.5) is 0 Å². The number of amides is 1. The van der Waals surface area contributed by atoms with Gasteiger partial charge in [0.25, 0.3) is 0 Å². The molecule has 1 amide bonds. The highest BCUT2D eigenvalue weighted by Crippen LogP contribution is 2.41. The number of ether oxygens (including phenoxy) is 7. The molecule has 24 nitrogen and oxygen atoms in total. The van der Waals surface area contributed by atoms with Crippen LogP contribution in [0.2, 0.25) is 0 Å². The van der Waals surface area contributed by atoms with Crippen molar-refractivity contribution in [1.82, 2.24) is 5.32 Å². The molecule has 5 aliphatic rings. The highest BCUT2D eigenvalue weighted by atomic mass is 16.7. The van der Waals surface area contributed by atoms with Crippen molar-refractivity contribution in [2.75, 3.05) is 6.61 Å². The van der Waals surface area contributed by atoms with Crippen LogP contribution in [0.15, 0.2) is 35.5 Å². The normalized spacial score (nSPS) is 43.9. The fraction of sp³-hybridized carbons (Fsp3) is 0.877. The molecule has 89 heavy (non-hydrogen) atoms. The van der Waals surface area contributed by atoms with E-state index in [-0.39, 0.29) is 75.2 Å².